The smallest absolute Gasteiger partial charge is 0.256 e. The minimum absolute atomic E-state index is 0.157. The molecule has 6 heteroatoms. The number of carbonyl (C=O) groups is 1. The van der Waals surface area contributed by atoms with E-state index in [1.165, 1.54) is 6.42 Å². The largest absolute Gasteiger partial charge is 0.353 e. The first-order chi connectivity index (χ1) is 14.6. The Labute approximate surface area is 177 Å². The molecule has 0 radical (unpaired) electrons. The van der Waals surface area contributed by atoms with Crippen molar-refractivity contribution in [2.24, 2.45) is 0 Å². The van der Waals surface area contributed by atoms with Crippen LogP contribution in [0.5, 0.6) is 0 Å². The molecule has 0 aliphatic carbocycles. The van der Waals surface area contributed by atoms with Crippen molar-refractivity contribution in [2.75, 3.05) is 11.4 Å². The third-order valence-electron chi connectivity index (χ3n) is 5.57. The number of nitrogens with one attached hydrogen (secondary N) is 1. The minimum atomic E-state index is -0.157. The zero-order valence-corrected chi connectivity index (χ0v) is 17.5. The molecule has 0 spiro atoms. The maximum atomic E-state index is 13.1. The van der Waals surface area contributed by atoms with Crippen LogP contribution in [0, 0.1) is 6.92 Å². The molecule has 1 aliphatic heterocycles. The van der Waals surface area contributed by atoms with E-state index >= 15 is 0 Å². The van der Waals surface area contributed by atoms with Gasteiger partial charge in [0.05, 0.1) is 0 Å². The molecule has 1 aliphatic rings. The number of nitrogens with zero attached hydrogens (tertiary/aromatic N) is 4. The fourth-order valence-corrected chi connectivity index (χ4v) is 3.87. The van der Waals surface area contributed by atoms with E-state index in [4.69, 9.17) is 4.98 Å². The summed E-state index contributed by atoms with van der Waals surface area (Å²) in [5, 5.41) is 3.00. The molecule has 1 fully saturated rings. The van der Waals surface area contributed by atoms with Crippen LogP contribution in [-0.4, -0.2) is 33.4 Å². The number of aryl methyl sites for hydroxylation is 1. The first-order valence-corrected chi connectivity index (χ1v) is 10.5. The second kappa shape index (κ2) is 9.03. The summed E-state index contributed by atoms with van der Waals surface area (Å²) in [6.45, 7) is 5.59. The third kappa shape index (κ3) is 4.48. The van der Waals surface area contributed by atoms with E-state index in [1.54, 1.807) is 18.6 Å². The Morgan fingerprint density at radius 3 is 2.80 bits per heavy atom. The molecule has 3 aromatic rings. The highest BCUT2D eigenvalue weighted by molar-refractivity contribution is 5.99. The van der Waals surface area contributed by atoms with Gasteiger partial charge in [0.2, 0.25) is 0 Å². The first kappa shape index (κ1) is 20.0. The number of carbonyl (C=O) groups excluding carboxylic acids is 1. The molecule has 1 aromatic carbocycles. The van der Waals surface area contributed by atoms with Gasteiger partial charge in [0.25, 0.3) is 5.91 Å². The van der Waals surface area contributed by atoms with Crippen LogP contribution in [0.4, 0.5) is 5.82 Å². The molecule has 0 saturated carbocycles. The number of anilines is 1. The minimum Gasteiger partial charge on any atom is -0.353 e. The number of hydrogen-bond acceptors (Lipinski definition) is 5. The molecular formula is C24H27N5O. The second-order valence-corrected chi connectivity index (χ2v) is 7.88. The lowest BCUT2D eigenvalue weighted by Crippen LogP contribution is -2.40. The third-order valence-corrected chi connectivity index (χ3v) is 5.57. The lowest BCUT2D eigenvalue weighted by atomic mass is 10.0. The normalized spacial score (nSPS) is 16.3. The fraction of sp³-hybridized carbons (Fsp3) is 0.333. The monoisotopic (exact) mass is 401 g/mol. The van der Waals surface area contributed by atoms with E-state index in [0.29, 0.717) is 24.0 Å². The lowest BCUT2D eigenvalue weighted by Gasteiger charge is -2.35. The number of rotatable bonds is 5. The summed E-state index contributed by atoms with van der Waals surface area (Å²) < 4.78 is 0. The van der Waals surface area contributed by atoms with Gasteiger partial charge in [0.1, 0.15) is 11.4 Å². The molecule has 4 rings (SSSR count). The van der Waals surface area contributed by atoms with Crippen molar-refractivity contribution < 1.29 is 4.79 Å². The number of piperidine rings is 1. The van der Waals surface area contributed by atoms with Crippen molar-refractivity contribution in [3.05, 3.63) is 71.7 Å². The first-order valence-electron chi connectivity index (χ1n) is 10.5. The van der Waals surface area contributed by atoms with E-state index in [9.17, 15) is 4.79 Å². The van der Waals surface area contributed by atoms with Gasteiger partial charge < -0.3 is 10.2 Å². The standard InChI is InChI=1S/C24H27N5O/c1-17-6-5-8-20(14-17)22-26-16-21(23(28-22)29-13-4-3-7-18(29)2)24(30)27-15-19-9-11-25-12-10-19/h5-6,8-12,14,16,18H,3-4,7,13,15H2,1-2H3,(H,27,30). The van der Waals surface area contributed by atoms with Crippen molar-refractivity contribution in [2.45, 2.75) is 45.7 Å². The molecule has 154 valence electrons. The number of hydrogen-bond donors (Lipinski definition) is 1. The van der Waals surface area contributed by atoms with Crippen LogP contribution in [0.2, 0.25) is 0 Å². The molecule has 1 atom stereocenters. The molecular weight excluding hydrogens is 374 g/mol. The Hall–Kier alpha value is -3.28. The topological polar surface area (TPSA) is 71.0 Å². The molecule has 30 heavy (non-hydrogen) atoms. The Bertz CT molecular complexity index is 1020. The van der Waals surface area contributed by atoms with Gasteiger partial charge in [-0.05, 0) is 56.9 Å². The quantitative estimate of drug-likeness (QED) is 0.695. The Morgan fingerprint density at radius 2 is 2.03 bits per heavy atom. The van der Waals surface area contributed by atoms with Gasteiger partial charge in [0, 0.05) is 43.3 Å². The Kier molecular flexibility index (Phi) is 6.02. The van der Waals surface area contributed by atoms with Crippen LogP contribution < -0.4 is 10.2 Å². The molecule has 1 saturated heterocycles. The number of aromatic nitrogens is 3. The van der Waals surface area contributed by atoms with E-state index in [0.717, 1.165) is 41.9 Å². The number of pyridine rings is 1. The summed E-state index contributed by atoms with van der Waals surface area (Å²) in [6.07, 6.45) is 8.53. The van der Waals surface area contributed by atoms with Gasteiger partial charge in [-0.1, -0.05) is 23.8 Å². The number of benzene rings is 1. The molecule has 0 bridgehead atoms. The summed E-state index contributed by atoms with van der Waals surface area (Å²) in [4.78, 5) is 28.7. The van der Waals surface area contributed by atoms with Crippen molar-refractivity contribution in [1.29, 1.82) is 0 Å². The van der Waals surface area contributed by atoms with Crippen LogP contribution in [-0.2, 0) is 6.54 Å². The van der Waals surface area contributed by atoms with Crippen LogP contribution in [0.1, 0.15) is 47.7 Å². The Balaban J connectivity index is 1.67. The van der Waals surface area contributed by atoms with Crippen molar-refractivity contribution in [3.8, 4) is 11.4 Å². The summed E-state index contributed by atoms with van der Waals surface area (Å²) in [5.74, 6) is 1.22. The maximum absolute atomic E-state index is 13.1. The summed E-state index contributed by atoms with van der Waals surface area (Å²) in [7, 11) is 0. The van der Waals surface area contributed by atoms with Gasteiger partial charge in [-0.2, -0.15) is 0 Å². The van der Waals surface area contributed by atoms with Crippen LogP contribution in [0.25, 0.3) is 11.4 Å². The highest BCUT2D eigenvalue weighted by Gasteiger charge is 2.26. The van der Waals surface area contributed by atoms with Crippen LogP contribution in [0.15, 0.2) is 55.0 Å². The average molecular weight is 402 g/mol. The van der Waals surface area contributed by atoms with Gasteiger partial charge in [0.15, 0.2) is 5.82 Å². The molecule has 3 heterocycles. The van der Waals surface area contributed by atoms with Gasteiger partial charge in [-0.25, -0.2) is 9.97 Å². The van der Waals surface area contributed by atoms with E-state index in [1.807, 2.05) is 24.3 Å². The molecule has 1 N–H and O–H groups in total. The highest BCUT2D eigenvalue weighted by Crippen LogP contribution is 2.28. The average Bonchev–Trinajstić information content (AvgIpc) is 2.78. The number of amides is 1. The fourth-order valence-electron chi connectivity index (χ4n) is 3.87. The summed E-state index contributed by atoms with van der Waals surface area (Å²) >= 11 is 0. The summed E-state index contributed by atoms with van der Waals surface area (Å²) in [6, 6.07) is 12.3. The van der Waals surface area contributed by atoms with E-state index in [-0.39, 0.29) is 5.91 Å². The van der Waals surface area contributed by atoms with E-state index in [2.05, 4.69) is 46.2 Å². The highest BCUT2D eigenvalue weighted by atomic mass is 16.1. The van der Waals surface area contributed by atoms with Gasteiger partial charge in [-0.15, -0.1) is 0 Å². The van der Waals surface area contributed by atoms with Crippen molar-refractivity contribution >= 4 is 11.7 Å². The maximum Gasteiger partial charge on any atom is 0.256 e. The SMILES string of the molecule is Cc1cccc(-c2ncc(C(=O)NCc3ccncc3)c(N3CCCCC3C)n2)c1. The summed E-state index contributed by atoms with van der Waals surface area (Å²) in [5.41, 5.74) is 3.64. The van der Waals surface area contributed by atoms with Crippen LogP contribution >= 0.6 is 0 Å². The zero-order valence-electron chi connectivity index (χ0n) is 17.5. The predicted molar refractivity (Wildman–Crippen MR) is 118 cm³/mol. The van der Waals surface area contributed by atoms with E-state index < -0.39 is 0 Å². The molecule has 2 aromatic heterocycles. The molecule has 1 unspecified atom stereocenters. The zero-order chi connectivity index (χ0) is 20.9. The van der Waals surface area contributed by atoms with Gasteiger partial charge in [-0.3, -0.25) is 9.78 Å². The van der Waals surface area contributed by atoms with Crippen molar-refractivity contribution in [3.63, 3.8) is 0 Å². The van der Waals surface area contributed by atoms with Crippen molar-refractivity contribution in [1.82, 2.24) is 20.3 Å². The lowest BCUT2D eigenvalue weighted by molar-refractivity contribution is 0.0950. The molecule has 6 nitrogen and oxygen atoms in total. The predicted octanol–water partition coefficient (Wildman–Crippen LogP) is 4.16. The van der Waals surface area contributed by atoms with Gasteiger partial charge >= 0.3 is 0 Å². The molecule has 1 amide bonds. The Morgan fingerprint density at radius 1 is 1.20 bits per heavy atom. The second-order valence-electron chi connectivity index (χ2n) is 7.88. The van der Waals surface area contributed by atoms with Crippen LogP contribution in [0.3, 0.4) is 0 Å².